The molecule has 0 aliphatic rings. The third-order valence-electron chi connectivity index (χ3n) is 2.09. The molecule has 0 aliphatic carbocycles. The van der Waals surface area contributed by atoms with Gasteiger partial charge in [0.05, 0.1) is 9.75 Å². The fourth-order valence-electron chi connectivity index (χ4n) is 1.34. The van der Waals surface area contributed by atoms with Gasteiger partial charge in [0.15, 0.2) is 6.29 Å². The lowest BCUT2D eigenvalue weighted by Gasteiger charge is -1.91. The summed E-state index contributed by atoms with van der Waals surface area (Å²) in [5.41, 5.74) is 2.20. The van der Waals surface area contributed by atoms with Gasteiger partial charge in [0.1, 0.15) is 0 Å². The lowest BCUT2D eigenvalue weighted by molar-refractivity contribution is 0.112. The maximum atomic E-state index is 10.5. The Hall–Kier alpha value is -1.85. The summed E-state index contributed by atoms with van der Waals surface area (Å²) in [6, 6.07) is 11.7. The van der Waals surface area contributed by atoms with E-state index >= 15 is 0 Å². The van der Waals surface area contributed by atoms with Gasteiger partial charge in [-0.2, -0.15) is 0 Å². The molecule has 0 N–H and O–H groups in total. The predicted octanol–water partition coefficient (Wildman–Crippen LogP) is 3.27. The molecule has 0 spiro atoms. The first-order valence-corrected chi connectivity index (χ1v) is 5.73. The van der Waals surface area contributed by atoms with Crippen LogP contribution in [-0.4, -0.2) is 6.29 Å². The molecule has 0 radical (unpaired) electrons. The first kappa shape index (κ1) is 10.7. The summed E-state index contributed by atoms with van der Waals surface area (Å²) < 4.78 is 0. The van der Waals surface area contributed by atoms with E-state index in [-0.39, 0.29) is 0 Å². The van der Waals surface area contributed by atoms with Crippen LogP contribution in [0.4, 0.5) is 0 Å². The maximum absolute atomic E-state index is 10.5. The molecule has 0 bridgehead atoms. The van der Waals surface area contributed by atoms with Crippen LogP contribution in [0.3, 0.4) is 0 Å². The van der Waals surface area contributed by atoms with Crippen molar-refractivity contribution in [3.8, 4) is 11.8 Å². The van der Waals surface area contributed by atoms with E-state index in [2.05, 4.69) is 11.8 Å². The van der Waals surface area contributed by atoms with Gasteiger partial charge in [0, 0.05) is 5.56 Å². The van der Waals surface area contributed by atoms with Crippen LogP contribution in [0, 0.1) is 18.8 Å². The number of rotatable bonds is 1. The number of aryl methyl sites for hydroxylation is 1. The molecule has 1 nitrogen and oxygen atoms in total. The van der Waals surface area contributed by atoms with E-state index in [0.717, 1.165) is 16.7 Å². The van der Waals surface area contributed by atoms with Crippen LogP contribution in [0.25, 0.3) is 0 Å². The molecule has 0 amide bonds. The van der Waals surface area contributed by atoms with Crippen molar-refractivity contribution in [3.63, 3.8) is 0 Å². The predicted molar refractivity (Wildman–Crippen MR) is 66.9 cm³/mol. The van der Waals surface area contributed by atoms with E-state index < -0.39 is 0 Å². The molecule has 0 aliphatic heterocycles. The highest BCUT2D eigenvalue weighted by Crippen LogP contribution is 2.13. The summed E-state index contributed by atoms with van der Waals surface area (Å²) in [5, 5.41) is 0. The zero-order valence-corrected chi connectivity index (χ0v) is 9.67. The SMILES string of the molecule is Cc1cccc(C#Cc2ccc(C=O)s2)c1. The Kier molecular flexibility index (Phi) is 3.19. The third-order valence-corrected chi connectivity index (χ3v) is 3.02. The van der Waals surface area contributed by atoms with E-state index in [0.29, 0.717) is 4.88 Å². The van der Waals surface area contributed by atoms with Gasteiger partial charge in [-0.25, -0.2) is 0 Å². The molecule has 0 atom stereocenters. The van der Waals surface area contributed by atoms with Gasteiger partial charge in [-0.05, 0) is 36.8 Å². The van der Waals surface area contributed by atoms with Crippen molar-refractivity contribution in [3.05, 3.63) is 57.3 Å². The Morgan fingerprint density at radius 1 is 1.19 bits per heavy atom. The number of benzene rings is 1. The molecule has 0 unspecified atom stereocenters. The molecule has 0 saturated heterocycles. The lowest BCUT2D eigenvalue weighted by Crippen LogP contribution is -1.75. The lowest BCUT2D eigenvalue weighted by atomic mass is 10.1. The first-order chi connectivity index (χ1) is 7.78. The fourth-order valence-corrected chi connectivity index (χ4v) is 2.02. The maximum Gasteiger partial charge on any atom is 0.160 e. The molecule has 0 saturated carbocycles. The van der Waals surface area contributed by atoms with Crippen molar-refractivity contribution < 1.29 is 4.79 Å². The minimum absolute atomic E-state index is 0.716. The number of hydrogen-bond donors (Lipinski definition) is 0. The van der Waals surface area contributed by atoms with Crippen molar-refractivity contribution in [2.24, 2.45) is 0 Å². The standard InChI is InChI=1S/C14H10OS/c1-11-3-2-4-12(9-11)5-6-13-7-8-14(10-15)16-13/h2-4,7-10H,1H3. The van der Waals surface area contributed by atoms with Crippen LogP contribution in [0.2, 0.25) is 0 Å². The zero-order chi connectivity index (χ0) is 11.4. The Labute approximate surface area is 98.7 Å². The highest BCUT2D eigenvalue weighted by Gasteiger charge is 1.94. The van der Waals surface area contributed by atoms with Crippen molar-refractivity contribution in [1.29, 1.82) is 0 Å². The van der Waals surface area contributed by atoms with Gasteiger partial charge in [0.25, 0.3) is 0 Å². The van der Waals surface area contributed by atoms with E-state index in [1.54, 1.807) is 6.07 Å². The Morgan fingerprint density at radius 2 is 2.06 bits per heavy atom. The normalized spacial score (nSPS) is 9.31. The molecule has 2 rings (SSSR count). The summed E-state index contributed by atoms with van der Waals surface area (Å²) in [4.78, 5) is 12.1. The van der Waals surface area contributed by atoms with Gasteiger partial charge in [-0.1, -0.05) is 24.0 Å². The molecule has 1 aromatic heterocycles. The van der Waals surface area contributed by atoms with E-state index in [1.165, 1.54) is 16.9 Å². The third kappa shape index (κ3) is 2.59. The van der Waals surface area contributed by atoms with Crippen LogP contribution in [0.1, 0.15) is 25.7 Å². The molecule has 16 heavy (non-hydrogen) atoms. The van der Waals surface area contributed by atoms with Crippen LogP contribution in [0.15, 0.2) is 36.4 Å². The molecule has 1 heterocycles. The first-order valence-electron chi connectivity index (χ1n) is 4.91. The van der Waals surface area contributed by atoms with Gasteiger partial charge in [0.2, 0.25) is 0 Å². The van der Waals surface area contributed by atoms with Crippen molar-refractivity contribution >= 4 is 17.6 Å². The second-order valence-corrected chi connectivity index (χ2v) is 4.55. The molecular formula is C14H10OS. The molecular weight excluding hydrogens is 216 g/mol. The van der Waals surface area contributed by atoms with Crippen molar-refractivity contribution in [2.75, 3.05) is 0 Å². The second kappa shape index (κ2) is 4.78. The highest BCUT2D eigenvalue weighted by atomic mass is 32.1. The van der Waals surface area contributed by atoms with E-state index in [9.17, 15) is 4.79 Å². The fraction of sp³-hybridized carbons (Fsp3) is 0.0714. The average Bonchev–Trinajstić information content (AvgIpc) is 2.74. The van der Waals surface area contributed by atoms with Crippen LogP contribution >= 0.6 is 11.3 Å². The summed E-state index contributed by atoms with van der Waals surface area (Å²) in [6.45, 7) is 2.04. The average molecular weight is 226 g/mol. The Balaban J connectivity index is 2.24. The van der Waals surface area contributed by atoms with Crippen molar-refractivity contribution in [2.45, 2.75) is 6.92 Å². The largest absolute Gasteiger partial charge is 0.297 e. The molecule has 1 aromatic carbocycles. The van der Waals surface area contributed by atoms with Crippen LogP contribution in [0.5, 0.6) is 0 Å². The minimum Gasteiger partial charge on any atom is -0.297 e. The summed E-state index contributed by atoms with van der Waals surface area (Å²) in [6.07, 6.45) is 0.850. The van der Waals surface area contributed by atoms with Gasteiger partial charge < -0.3 is 0 Å². The monoisotopic (exact) mass is 226 g/mol. The molecule has 2 heteroatoms. The van der Waals surface area contributed by atoms with E-state index in [4.69, 9.17) is 0 Å². The topological polar surface area (TPSA) is 17.1 Å². The Morgan fingerprint density at radius 3 is 2.75 bits per heavy atom. The van der Waals surface area contributed by atoms with Gasteiger partial charge in [-0.3, -0.25) is 4.79 Å². The second-order valence-electron chi connectivity index (χ2n) is 3.44. The van der Waals surface area contributed by atoms with Crippen LogP contribution < -0.4 is 0 Å². The van der Waals surface area contributed by atoms with Crippen LogP contribution in [-0.2, 0) is 0 Å². The summed E-state index contributed by atoms with van der Waals surface area (Å²) in [7, 11) is 0. The number of thiophene rings is 1. The zero-order valence-electron chi connectivity index (χ0n) is 8.86. The summed E-state index contributed by atoms with van der Waals surface area (Å²) >= 11 is 1.41. The van der Waals surface area contributed by atoms with Crippen molar-refractivity contribution in [1.82, 2.24) is 0 Å². The highest BCUT2D eigenvalue weighted by molar-refractivity contribution is 7.14. The number of hydrogen-bond acceptors (Lipinski definition) is 2. The molecule has 78 valence electrons. The van der Waals surface area contributed by atoms with E-state index in [1.807, 2.05) is 37.3 Å². The number of carbonyl (C=O) groups excluding carboxylic acids is 1. The number of aldehydes is 1. The minimum atomic E-state index is 0.716. The van der Waals surface area contributed by atoms with Gasteiger partial charge in [-0.15, -0.1) is 11.3 Å². The quantitative estimate of drug-likeness (QED) is 0.539. The number of carbonyl (C=O) groups is 1. The molecule has 0 fully saturated rings. The summed E-state index contributed by atoms with van der Waals surface area (Å²) in [5.74, 6) is 6.14. The Bertz CT molecular complexity index is 570. The molecule has 2 aromatic rings. The van der Waals surface area contributed by atoms with Gasteiger partial charge >= 0.3 is 0 Å². The smallest absolute Gasteiger partial charge is 0.160 e.